The highest BCUT2D eigenvalue weighted by atomic mass is 19.1. The molecule has 6 heteroatoms. The molecule has 1 aliphatic heterocycles. The fourth-order valence-electron chi connectivity index (χ4n) is 3.52. The Bertz CT molecular complexity index is 858. The van der Waals surface area contributed by atoms with E-state index in [9.17, 15) is 4.39 Å². The maximum absolute atomic E-state index is 13.2. The Kier molecular flexibility index (Phi) is 4.36. The third-order valence-corrected chi connectivity index (χ3v) is 4.86. The fourth-order valence-corrected chi connectivity index (χ4v) is 3.52. The minimum Gasteiger partial charge on any atom is -0.341 e. The molecular weight excluding hydrogens is 317 g/mol. The molecule has 0 spiro atoms. The number of para-hydroxylation sites is 2. The minimum atomic E-state index is -0.313. The molecule has 3 heterocycles. The predicted molar refractivity (Wildman–Crippen MR) is 97.3 cm³/mol. The molecule has 1 fully saturated rings. The van der Waals surface area contributed by atoms with Crippen molar-refractivity contribution in [2.45, 2.75) is 25.4 Å². The smallest absolute Gasteiger partial charge is 0.206 e. The molecule has 0 aliphatic carbocycles. The number of likely N-dealkylation sites (N-methyl/N-ethyl adjacent to an activating group) is 1. The number of piperidine rings is 1. The molecule has 1 saturated heterocycles. The van der Waals surface area contributed by atoms with Crippen molar-refractivity contribution in [3.63, 3.8) is 0 Å². The van der Waals surface area contributed by atoms with Crippen LogP contribution in [0.1, 0.15) is 18.5 Å². The molecule has 4 rings (SSSR count). The van der Waals surface area contributed by atoms with Gasteiger partial charge in [0, 0.05) is 19.1 Å². The summed E-state index contributed by atoms with van der Waals surface area (Å²) >= 11 is 0. The van der Waals surface area contributed by atoms with E-state index in [0.29, 0.717) is 12.6 Å². The van der Waals surface area contributed by atoms with Crippen LogP contribution in [0.25, 0.3) is 11.0 Å². The molecule has 1 atom stereocenters. The van der Waals surface area contributed by atoms with Gasteiger partial charge in [0.15, 0.2) is 0 Å². The summed E-state index contributed by atoms with van der Waals surface area (Å²) in [5.74, 6) is 0.652. The van der Waals surface area contributed by atoms with Gasteiger partial charge < -0.3 is 14.8 Å². The summed E-state index contributed by atoms with van der Waals surface area (Å²) in [5.41, 5.74) is 2.88. The average Bonchev–Trinajstić information content (AvgIpc) is 3.02. The first-order valence-corrected chi connectivity index (χ1v) is 8.72. The van der Waals surface area contributed by atoms with E-state index in [-0.39, 0.29) is 5.82 Å². The number of anilines is 1. The number of nitrogens with one attached hydrogen (secondary N) is 1. The number of imidazole rings is 1. The normalized spacial score (nSPS) is 18.0. The zero-order valence-corrected chi connectivity index (χ0v) is 14.3. The highest BCUT2D eigenvalue weighted by Gasteiger charge is 2.23. The number of halogens is 1. The van der Waals surface area contributed by atoms with Gasteiger partial charge in [0.1, 0.15) is 5.82 Å². The first-order chi connectivity index (χ1) is 12.2. The molecule has 0 amide bonds. The first-order valence-electron chi connectivity index (χ1n) is 8.72. The molecule has 1 aromatic carbocycles. The SMILES string of the molecule is CN[C@H]1CCCN(c2nc3ccccc3n2Cc2ccc(F)cn2)C1. The lowest BCUT2D eigenvalue weighted by molar-refractivity contribution is 0.442. The number of rotatable bonds is 4. The standard InChI is InChI=1S/C19H22FN5/c1-21-15-5-4-10-24(12-15)19-23-17-6-2-3-7-18(17)25(19)13-16-9-8-14(20)11-22-16/h2-3,6-9,11,15,21H,4-5,10,12-13H2,1H3/t15-/m0/s1. The maximum Gasteiger partial charge on any atom is 0.206 e. The summed E-state index contributed by atoms with van der Waals surface area (Å²) < 4.78 is 15.4. The Labute approximate surface area is 146 Å². The van der Waals surface area contributed by atoms with Crippen LogP contribution >= 0.6 is 0 Å². The number of aromatic nitrogens is 3. The van der Waals surface area contributed by atoms with Crippen LogP contribution < -0.4 is 10.2 Å². The van der Waals surface area contributed by atoms with Gasteiger partial charge in [0.2, 0.25) is 5.95 Å². The molecule has 0 radical (unpaired) electrons. The minimum absolute atomic E-state index is 0.313. The van der Waals surface area contributed by atoms with E-state index in [1.807, 2.05) is 25.2 Å². The third-order valence-electron chi connectivity index (χ3n) is 4.86. The van der Waals surface area contributed by atoms with E-state index < -0.39 is 0 Å². The molecule has 5 nitrogen and oxygen atoms in total. The maximum atomic E-state index is 13.2. The number of hydrogen-bond acceptors (Lipinski definition) is 4. The van der Waals surface area contributed by atoms with Gasteiger partial charge in [-0.15, -0.1) is 0 Å². The van der Waals surface area contributed by atoms with E-state index >= 15 is 0 Å². The lowest BCUT2D eigenvalue weighted by Gasteiger charge is -2.33. The van der Waals surface area contributed by atoms with Crippen molar-refractivity contribution >= 4 is 17.0 Å². The summed E-state index contributed by atoms with van der Waals surface area (Å²) in [6.07, 6.45) is 3.60. The summed E-state index contributed by atoms with van der Waals surface area (Å²) in [4.78, 5) is 11.4. The van der Waals surface area contributed by atoms with Gasteiger partial charge in [-0.1, -0.05) is 12.1 Å². The van der Waals surface area contributed by atoms with Crippen molar-refractivity contribution in [1.29, 1.82) is 0 Å². The average molecular weight is 339 g/mol. The molecular formula is C19H22FN5. The molecule has 1 aliphatic rings. The number of hydrogen-bond donors (Lipinski definition) is 1. The van der Waals surface area contributed by atoms with Crippen LogP contribution in [0.4, 0.5) is 10.3 Å². The third kappa shape index (κ3) is 3.22. The van der Waals surface area contributed by atoms with E-state index in [2.05, 4.69) is 25.8 Å². The number of fused-ring (bicyclic) bond motifs is 1. The van der Waals surface area contributed by atoms with Crippen LogP contribution in [0.5, 0.6) is 0 Å². The Morgan fingerprint density at radius 3 is 2.92 bits per heavy atom. The summed E-state index contributed by atoms with van der Waals surface area (Å²) in [6, 6.07) is 11.8. The van der Waals surface area contributed by atoms with Gasteiger partial charge in [-0.05, 0) is 44.2 Å². The van der Waals surface area contributed by atoms with E-state index in [1.54, 1.807) is 6.07 Å². The molecule has 3 aromatic rings. The summed E-state index contributed by atoms with van der Waals surface area (Å²) in [5, 5.41) is 3.38. The fraction of sp³-hybridized carbons (Fsp3) is 0.368. The van der Waals surface area contributed by atoms with E-state index in [0.717, 1.165) is 42.2 Å². The Balaban J connectivity index is 1.74. The van der Waals surface area contributed by atoms with Gasteiger partial charge in [0.25, 0.3) is 0 Å². The number of nitrogens with zero attached hydrogens (tertiary/aromatic N) is 4. The molecule has 0 bridgehead atoms. The highest BCUT2D eigenvalue weighted by Crippen LogP contribution is 2.26. The van der Waals surface area contributed by atoms with Crippen LogP contribution in [0.15, 0.2) is 42.6 Å². The molecule has 0 unspecified atom stereocenters. The number of pyridine rings is 1. The van der Waals surface area contributed by atoms with Crippen LogP contribution in [0.2, 0.25) is 0 Å². The first kappa shape index (κ1) is 16.0. The quantitative estimate of drug-likeness (QED) is 0.794. The molecule has 0 saturated carbocycles. The van der Waals surface area contributed by atoms with Crippen LogP contribution in [-0.2, 0) is 6.54 Å². The van der Waals surface area contributed by atoms with Crippen molar-refractivity contribution in [1.82, 2.24) is 19.9 Å². The van der Waals surface area contributed by atoms with Crippen molar-refractivity contribution < 1.29 is 4.39 Å². The van der Waals surface area contributed by atoms with Crippen LogP contribution in [0, 0.1) is 5.82 Å². The van der Waals surface area contributed by atoms with E-state index in [1.165, 1.54) is 18.7 Å². The Morgan fingerprint density at radius 1 is 1.24 bits per heavy atom. The van der Waals surface area contributed by atoms with E-state index in [4.69, 9.17) is 4.98 Å². The van der Waals surface area contributed by atoms with Crippen molar-refractivity contribution in [2.24, 2.45) is 0 Å². The monoisotopic (exact) mass is 339 g/mol. The van der Waals surface area contributed by atoms with Gasteiger partial charge in [-0.3, -0.25) is 4.98 Å². The number of benzene rings is 1. The highest BCUT2D eigenvalue weighted by molar-refractivity contribution is 5.79. The van der Waals surface area contributed by atoms with Crippen molar-refractivity contribution in [3.05, 3.63) is 54.1 Å². The van der Waals surface area contributed by atoms with Crippen molar-refractivity contribution in [3.8, 4) is 0 Å². The summed E-state index contributed by atoms with van der Waals surface area (Å²) in [7, 11) is 2.01. The summed E-state index contributed by atoms with van der Waals surface area (Å²) in [6.45, 7) is 2.52. The predicted octanol–water partition coefficient (Wildman–Crippen LogP) is 2.81. The second-order valence-electron chi connectivity index (χ2n) is 6.53. The zero-order chi connectivity index (χ0) is 17.2. The van der Waals surface area contributed by atoms with Gasteiger partial charge >= 0.3 is 0 Å². The lowest BCUT2D eigenvalue weighted by atomic mass is 10.1. The van der Waals surface area contributed by atoms with Gasteiger partial charge in [-0.25, -0.2) is 9.37 Å². The molecule has 2 aromatic heterocycles. The van der Waals surface area contributed by atoms with Crippen molar-refractivity contribution in [2.75, 3.05) is 25.0 Å². The van der Waals surface area contributed by atoms with Gasteiger partial charge in [-0.2, -0.15) is 0 Å². The van der Waals surface area contributed by atoms with Gasteiger partial charge in [0.05, 0.1) is 29.5 Å². The lowest BCUT2D eigenvalue weighted by Crippen LogP contribution is -2.45. The Morgan fingerprint density at radius 2 is 2.12 bits per heavy atom. The molecule has 25 heavy (non-hydrogen) atoms. The molecule has 1 N–H and O–H groups in total. The van der Waals surface area contributed by atoms with Crippen LogP contribution in [0.3, 0.4) is 0 Å². The van der Waals surface area contributed by atoms with Crippen LogP contribution in [-0.4, -0.2) is 40.7 Å². The topological polar surface area (TPSA) is 46.0 Å². The second kappa shape index (κ2) is 6.80. The second-order valence-corrected chi connectivity index (χ2v) is 6.53. The largest absolute Gasteiger partial charge is 0.341 e. The zero-order valence-electron chi connectivity index (χ0n) is 14.3. The Hall–Kier alpha value is -2.47. The molecule has 130 valence electrons.